The maximum atomic E-state index is 8.50. The number of ether oxygens (including phenoxy) is 1. The highest BCUT2D eigenvalue weighted by Gasteiger charge is 1.99. The lowest BCUT2D eigenvalue weighted by molar-refractivity contribution is 0.238. The third-order valence-electron chi connectivity index (χ3n) is 2.06. The number of nitrogens with zero attached hydrogens (tertiary/aromatic N) is 2. The molecule has 6 heteroatoms. The van der Waals surface area contributed by atoms with Crippen molar-refractivity contribution >= 4 is 5.84 Å². The molecular weight excluding hydrogens is 220 g/mol. The monoisotopic (exact) mass is 238 g/mol. The first-order valence-electron chi connectivity index (χ1n) is 5.25. The molecule has 4 N–H and O–H groups in total. The van der Waals surface area contributed by atoms with Gasteiger partial charge >= 0.3 is 0 Å². The fraction of sp³-hybridized carbons (Fsp3) is 0.364. The number of hydrazine groups is 1. The zero-order valence-electron chi connectivity index (χ0n) is 10.1. The highest BCUT2D eigenvalue weighted by molar-refractivity contribution is 5.97. The van der Waals surface area contributed by atoms with Crippen LogP contribution in [0.4, 0.5) is 0 Å². The second-order valence-electron chi connectivity index (χ2n) is 3.66. The summed E-state index contributed by atoms with van der Waals surface area (Å²) in [5.41, 5.74) is 9.19. The fourth-order valence-corrected chi connectivity index (χ4v) is 1.22. The number of benzene rings is 1. The molecule has 0 saturated carbocycles. The molecule has 0 atom stereocenters. The Labute approximate surface area is 101 Å². The first kappa shape index (κ1) is 13.3. The fourth-order valence-electron chi connectivity index (χ4n) is 1.22. The van der Waals surface area contributed by atoms with Crippen LogP contribution in [0.25, 0.3) is 0 Å². The molecule has 94 valence electrons. The molecule has 0 radical (unpaired) electrons. The average Bonchev–Trinajstić information content (AvgIpc) is 2.34. The summed E-state index contributed by atoms with van der Waals surface area (Å²) in [6, 6.07) is 7.04. The highest BCUT2D eigenvalue weighted by atomic mass is 16.5. The lowest BCUT2D eigenvalue weighted by atomic mass is 10.2. The first-order valence-corrected chi connectivity index (χ1v) is 5.25. The van der Waals surface area contributed by atoms with Crippen LogP contribution in [0.3, 0.4) is 0 Å². The van der Waals surface area contributed by atoms with Crippen LogP contribution in [-0.2, 0) is 0 Å². The SMILES string of the molecule is CN(C)NCCOc1ccc(/C(N)=N/O)cc1. The third-order valence-corrected chi connectivity index (χ3v) is 2.06. The molecule has 0 saturated heterocycles. The Morgan fingerprint density at radius 1 is 1.41 bits per heavy atom. The molecule has 1 aromatic carbocycles. The molecule has 0 aliphatic carbocycles. The Morgan fingerprint density at radius 2 is 2.06 bits per heavy atom. The number of nitrogens with two attached hydrogens (primary N) is 1. The van der Waals surface area contributed by atoms with Gasteiger partial charge in [-0.2, -0.15) is 0 Å². The van der Waals surface area contributed by atoms with Gasteiger partial charge in [0.05, 0.1) is 0 Å². The van der Waals surface area contributed by atoms with Crippen molar-refractivity contribution in [2.75, 3.05) is 27.2 Å². The van der Waals surface area contributed by atoms with Gasteiger partial charge in [-0.25, -0.2) is 0 Å². The van der Waals surface area contributed by atoms with E-state index in [1.165, 1.54) is 0 Å². The molecule has 0 aliphatic heterocycles. The molecule has 0 heterocycles. The van der Waals surface area contributed by atoms with E-state index in [-0.39, 0.29) is 5.84 Å². The number of amidine groups is 1. The summed E-state index contributed by atoms with van der Waals surface area (Å²) in [4.78, 5) is 0. The van der Waals surface area contributed by atoms with Crippen molar-refractivity contribution in [2.24, 2.45) is 10.9 Å². The van der Waals surface area contributed by atoms with Crippen LogP contribution < -0.4 is 15.9 Å². The lowest BCUT2D eigenvalue weighted by Crippen LogP contribution is -2.33. The molecule has 0 spiro atoms. The summed E-state index contributed by atoms with van der Waals surface area (Å²) < 4.78 is 5.49. The standard InChI is InChI=1S/C11H18N4O2/c1-15(2)13-7-8-17-10-5-3-9(4-6-10)11(12)14-16/h3-6,13,16H,7-8H2,1-2H3,(H2,12,14). The number of hydrogen-bond donors (Lipinski definition) is 3. The van der Waals surface area contributed by atoms with Crippen molar-refractivity contribution in [3.05, 3.63) is 29.8 Å². The van der Waals surface area contributed by atoms with Crippen LogP contribution in [0.15, 0.2) is 29.4 Å². The second kappa shape index (κ2) is 6.72. The van der Waals surface area contributed by atoms with Gasteiger partial charge in [-0.3, -0.25) is 10.4 Å². The normalized spacial score (nSPS) is 11.8. The van der Waals surface area contributed by atoms with Crippen molar-refractivity contribution in [1.29, 1.82) is 0 Å². The van der Waals surface area contributed by atoms with E-state index in [0.29, 0.717) is 12.2 Å². The summed E-state index contributed by atoms with van der Waals surface area (Å²) in [5.74, 6) is 0.839. The Morgan fingerprint density at radius 3 is 2.59 bits per heavy atom. The van der Waals surface area contributed by atoms with Crippen molar-refractivity contribution < 1.29 is 9.94 Å². The van der Waals surface area contributed by atoms with Gasteiger partial charge in [-0.15, -0.1) is 0 Å². The molecule has 6 nitrogen and oxygen atoms in total. The van der Waals surface area contributed by atoms with Gasteiger partial charge in [0.25, 0.3) is 0 Å². The topological polar surface area (TPSA) is 83.1 Å². The van der Waals surface area contributed by atoms with Gasteiger partial charge in [0, 0.05) is 26.2 Å². The second-order valence-corrected chi connectivity index (χ2v) is 3.66. The van der Waals surface area contributed by atoms with E-state index in [9.17, 15) is 0 Å². The minimum Gasteiger partial charge on any atom is -0.492 e. The Balaban J connectivity index is 2.41. The zero-order valence-corrected chi connectivity index (χ0v) is 10.1. The molecule has 0 bridgehead atoms. The van der Waals surface area contributed by atoms with Gasteiger partial charge in [-0.1, -0.05) is 5.16 Å². The minimum absolute atomic E-state index is 0.0887. The molecule has 0 aliphatic rings. The third kappa shape index (κ3) is 4.71. The quantitative estimate of drug-likeness (QED) is 0.217. The van der Waals surface area contributed by atoms with Crippen LogP contribution in [0.5, 0.6) is 5.75 Å². The molecule has 1 aromatic rings. The number of oxime groups is 1. The molecule has 0 aromatic heterocycles. The van der Waals surface area contributed by atoms with Gasteiger partial charge < -0.3 is 15.7 Å². The summed E-state index contributed by atoms with van der Waals surface area (Å²) in [6.45, 7) is 1.30. The van der Waals surface area contributed by atoms with Crippen LogP contribution in [0.1, 0.15) is 5.56 Å². The molecule has 0 fully saturated rings. The van der Waals surface area contributed by atoms with Gasteiger partial charge in [0.1, 0.15) is 12.4 Å². The van der Waals surface area contributed by atoms with Gasteiger partial charge in [-0.05, 0) is 24.3 Å². The van der Waals surface area contributed by atoms with Crippen molar-refractivity contribution in [3.8, 4) is 5.75 Å². The van der Waals surface area contributed by atoms with E-state index in [4.69, 9.17) is 15.7 Å². The number of nitrogens with one attached hydrogen (secondary N) is 1. The Bertz CT molecular complexity index is 362. The van der Waals surface area contributed by atoms with Gasteiger partial charge in [0.15, 0.2) is 5.84 Å². The summed E-state index contributed by atoms with van der Waals surface area (Å²) in [6.07, 6.45) is 0. The smallest absolute Gasteiger partial charge is 0.170 e. The summed E-state index contributed by atoms with van der Waals surface area (Å²) in [5, 5.41) is 13.3. The minimum atomic E-state index is 0.0887. The van der Waals surface area contributed by atoms with E-state index < -0.39 is 0 Å². The number of hydrogen-bond acceptors (Lipinski definition) is 5. The maximum Gasteiger partial charge on any atom is 0.170 e. The Kier molecular flexibility index (Phi) is 5.25. The largest absolute Gasteiger partial charge is 0.492 e. The van der Waals surface area contributed by atoms with E-state index >= 15 is 0 Å². The zero-order chi connectivity index (χ0) is 12.7. The molecular formula is C11H18N4O2. The maximum absolute atomic E-state index is 8.50. The highest BCUT2D eigenvalue weighted by Crippen LogP contribution is 2.11. The molecule has 17 heavy (non-hydrogen) atoms. The summed E-state index contributed by atoms with van der Waals surface area (Å²) >= 11 is 0. The lowest BCUT2D eigenvalue weighted by Gasteiger charge is -2.12. The van der Waals surface area contributed by atoms with E-state index in [2.05, 4.69) is 10.6 Å². The predicted octanol–water partition coefficient (Wildman–Crippen LogP) is 0.226. The molecule has 0 unspecified atom stereocenters. The van der Waals surface area contributed by atoms with Crippen molar-refractivity contribution in [2.45, 2.75) is 0 Å². The van der Waals surface area contributed by atoms with E-state index in [1.54, 1.807) is 24.3 Å². The average molecular weight is 238 g/mol. The molecule has 0 amide bonds. The van der Waals surface area contributed by atoms with Crippen molar-refractivity contribution in [1.82, 2.24) is 10.4 Å². The van der Waals surface area contributed by atoms with Crippen LogP contribution >= 0.6 is 0 Å². The van der Waals surface area contributed by atoms with Crippen LogP contribution in [0.2, 0.25) is 0 Å². The predicted molar refractivity (Wildman–Crippen MR) is 66.1 cm³/mol. The molecule has 1 rings (SSSR count). The number of rotatable bonds is 6. The first-order chi connectivity index (χ1) is 8.13. The van der Waals surface area contributed by atoms with Crippen LogP contribution in [0, 0.1) is 0 Å². The van der Waals surface area contributed by atoms with Crippen molar-refractivity contribution in [3.63, 3.8) is 0 Å². The van der Waals surface area contributed by atoms with E-state index in [1.807, 2.05) is 19.1 Å². The summed E-state index contributed by atoms with van der Waals surface area (Å²) in [7, 11) is 3.84. The van der Waals surface area contributed by atoms with E-state index in [0.717, 1.165) is 12.3 Å². The Hall–Kier alpha value is -1.79. The van der Waals surface area contributed by atoms with Crippen LogP contribution in [-0.4, -0.2) is 43.3 Å². The van der Waals surface area contributed by atoms with Gasteiger partial charge in [0.2, 0.25) is 0 Å².